The van der Waals surface area contributed by atoms with E-state index in [0.29, 0.717) is 0 Å². The summed E-state index contributed by atoms with van der Waals surface area (Å²) >= 11 is 0. The third-order valence-corrected chi connectivity index (χ3v) is 19.0. The molecule has 0 rings (SSSR count). The smallest absolute Gasteiger partial charge is 0.173 e. The van der Waals surface area contributed by atoms with E-state index >= 15 is 0 Å². The van der Waals surface area contributed by atoms with E-state index in [2.05, 4.69) is 39.3 Å². The topological polar surface area (TPSA) is 44.5 Å². The van der Waals surface area contributed by atoms with Crippen molar-refractivity contribution in [1.29, 1.82) is 0 Å². The van der Waals surface area contributed by atoms with Crippen LogP contribution < -0.4 is 5.73 Å². The van der Waals surface area contributed by atoms with Crippen LogP contribution >= 0.6 is 0 Å². The zero-order chi connectivity index (χ0) is 13.5. The highest BCUT2D eigenvalue weighted by Crippen LogP contribution is 2.19. The van der Waals surface area contributed by atoms with E-state index in [1.165, 1.54) is 11.7 Å². The van der Waals surface area contributed by atoms with Crippen molar-refractivity contribution < 1.29 is 8.23 Å². The molecule has 0 fully saturated rings. The van der Waals surface area contributed by atoms with Gasteiger partial charge in [-0.15, -0.1) is 0 Å². The molecule has 0 heterocycles. The molecule has 1 unspecified atom stereocenters. The van der Waals surface area contributed by atoms with Crippen LogP contribution in [0.15, 0.2) is 0 Å². The highest BCUT2D eigenvalue weighted by atomic mass is 28.4. The molecule has 0 aliphatic rings. The zero-order valence-corrected chi connectivity index (χ0v) is 17.1. The van der Waals surface area contributed by atoms with Crippen LogP contribution in [0.5, 0.6) is 0 Å². The van der Waals surface area contributed by atoms with Gasteiger partial charge in [0.25, 0.3) is 0 Å². The summed E-state index contributed by atoms with van der Waals surface area (Å²) in [4.78, 5) is 0. The Bertz CT molecular complexity index is 214. The molecular weight excluding hydrogens is 278 g/mol. The Labute approximate surface area is 113 Å². The predicted octanol–water partition coefficient (Wildman–Crippen LogP) is 1.80. The molecule has 0 aliphatic heterocycles. The molecule has 0 aliphatic carbocycles. The fourth-order valence-electron chi connectivity index (χ4n) is 2.31. The van der Waals surface area contributed by atoms with Gasteiger partial charge in [0.2, 0.25) is 0 Å². The first-order valence-corrected chi connectivity index (χ1v) is 17.4. The molecule has 1 atom stereocenters. The van der Waals surface area contributed by atoms with Crippen molar-refractivity contribution in [2.45, 2.75) is 57.4 Å². The quantitative estimate of drug-likeness (QED) is 0.661. The summed E-state index contributed by atoms with van der Waals surface area (Å²) in [5.41, 5.74) is 6.83. The largest absolute Gasteiger partial charge is 0.461 e. The minimum atomic E-state index is -1.45. The summed E-state index contributed by atoms with van der Waals surface area (Å²) < 4.78 is 12.4. The van der Waals surface area contributed by atoms with Gasteiger partial charge in [0.05, 0.1) is 0 Å². The second-order valence-corrected chi connectivity index (χ2v) is 19.4. The van der Waals surface area contributed by atoms with Gasteiger partial charge in [0, 0.05) is 0 Å². The molecule has 0 radical (unpaired) electrons. The van der Waals surface area contributed by atoms with Crippen molar-refractivity contribution in [3.05, 3.63) is 0 Å². The molecule has 0 aromatic carbocycles. The van der Waals surface area contributed by atoms with Crippen molar-refractivity contribution in [3.63, 3.8) is 0 Å². The summed E-state index contributed by atoms with van der Waals surface area (Å²) in [5.74, 6) is 0. The third-order valence-electron chi connectivity index (χ3n) is 2.82. The number of hydrogen-bond donors (Lipinski definition) is 1. The Morgan fingerprint density at radius 2 is 1.76 bits per heavy atom. The summed E-state index contributed by atoms with van der Waals surface area (Å²) in [7, 11) is -4.16. The van der Waals surface area contributed by atoms with E-state index in [9.17, 15) is 0 Å². The maximum absolute atomic E-state index is 6.41. The van der Waals surface area contributed by atoms with Gasteiger partial charge in [-0.2, -0.15) is 0 Å². The van der Waals surface area contributed by atoms with Crippen LogP contribution in [0.1, 0.15) is 6.42 Å². The van der Waals surface area contributed by atoms with Gasteiger partial charge in [-0.25, -0.2) is 0 Å². The van der Waals surface area contributed by atoms with Gasteiger partial charge in [-0.1, -0.05) is 6.55 Å². The average molecular weight is 310 g/mol. The second-order valence-electron chi connectivity index (χ2n) is 5.98. The molecule has 0 saturated carbocycles. The first-order chi connectivity index (χ1) is 7.72. The molecule has 0 amide bonds. The molecule has 0 aromatic rings. The molecule has 0 aromatic heterocycles. The van der Waals surface area contributed by atoms with Gasteiger partial charge in [0.15, 0.2) is 25.7 Å². The highest BCUT2D eigenvalue weighted by molar-refractivity contribution is 6.87. The predicted molar refractivity (Wildman–Crippen MR) is 87.8 cm³/mol. The van der Waals surface area contributed by atoms with Crippen molar-refractivity contribution in [2.24, 2.45) is 5.73 Å². The lowest BCUT2D eigenvalue weighted by molar-refractivity contribution is 0.553. The van der Waals surface area contributed by atoms with Gasteiger partial charge in [-0.05, 0) is 57.4 Å². The fourth-order valence-corrected chi connectivity index (χ4v) is 19.5. The lowest BCUT2D eigenvalue weighted by Gasteiger charge is -2.31. The second kappa shape index (κ2) is 8.03. The Kier molecular flexibility index (Phi) is 8.38. The summed E-state index contributed by atoms with van der Waals surface area (Å²) in [5, 5.41) is 0. The summed E-state index contributed by atoms with van der Waals surface area (Å²) in [6.45, 7) is 14.7. The molecular formula is C10H31NO2Si4. The SMILES string of the molecule is C[SiH2]O[Si](C)(C)C[SiH](C)O[Si](C)(C)CCCN. The highest BCUT2D eigenvalue weighted by Gasteiger charge is 2.30. The van der Waals surface area contributed by atoms with Crippen molar-refractivity contribution in [3.8, 4) is 0 Å². The number of hydrogen-bond acceptors (Lipinski definition) is 3. The van der Waals surface area contributed by atoms with Crippen molar-refractivity contribution >= 4 is 35.4 Å². The molecule has 104 valence electrons. The van der Waals surface area contributed by atoms with Crippen LogP contribution in [0.25, 0.3) is 0 Å². The minimum absolute atomic E-state index is 0.265. The third kappa shape index (κ3) is 9.34. The van der Waals surface area contributed by atoms with E-state index in [0.717, 1.165) is 13.0 Å². The minimum Gasteiger partial charge on any atom is -0.461 e. The lowest BCUT2D eigenvalue weighted by atomic mass is 10.5. The molecule has 3 nitrogen and oxygen atoms in total. The first-order valence-electron chi connectivity index (χ1n) is 6.74. The van der Waals surface area contributed by atoms with Crippen LogP contribution in [-0.4, -0.2) is 42.0 Å². The van der Waals surface area contributed by atoms with Crippen LogP contribution in [0, 0.1) is 0 Å². The Hall–Kier alpha value is 0.748. The molecule has 7 heteroatoms. The zero-order valence-electron chi connectivity index (χ0n) is 12.5. The number of nitrogens with two attached hydrogens (primary N) is 1. The van der Waals surface area contributed by atoms with Crippen LogP contribution in [0.3, 0.4) is 0 Å². The molecule has 17 heavy (non-hydrogen) atoms. The Balaban J connectivity index is 4.11. The van der Waals surface area contributed by atoms with Crippen LogP contribution in [-0.2, 0) is 8.23 Å². The van der Waals surface area contributed by atoms with Crippen LogP contribution in [0.2, 0.25) is 51.0 Å². The van der Waals surface area contributed by atoms with Gasteiger partial charge in [-0.3, -0.25) is 0 Å². The maximum Gasteiger partial charge on any atom is 0.173 e. The standard InChI is InChI=1S/C10H31NO2Si4/c1-14-12-17(5,6)10-15(2)13-16(3,4)9-7-8-11/h15H,7-11,14H2,1-6H3. The summed E-state index contributed by atoms with van der Waals surface area (Å²) in [6.07, 6.45) is 1.11. The maximum atomic E-state index is 6.41. The number of rotatable bonds is 9. The van der Waals surface area contributed by atoms with Gasteiger partial charge < -0.3 is 14.0 Å². The molecule has 0 saturated heterocycles. The van der Waals surface area contributed by atoms with E-state index in [4.69, 9.17) is 14.0 Å². The van der Waals surface area contributed by atoms with Crippen molar-refractivity contribution in [1.82, 2.24) is 0 Å². The van der Waals surface area contributed by atoms with Gasteiger partial charge in [0.1, 0.15) is 9.76 Å². The van der Waals surface area contributed by atoms with Crippen molar-refractivity contribution in [2.75, 3.05) is 6.54 Å². The average Bonchev–Trinajstić information content (AvgIpc) is 2.12. The van der Waals surface area contributed by atoms with E-state index < -0.39 is 25.7 Å². The summed E-state index contributed by atoms with van der Waals surface area (Å²) in [6, 6.07) is 1.20. The Morgan fingerprint density at radius 3 is 2.24 bits per heavy atom. The van der Waals surface area contributed by atoms with E-state index in [1.54, 1.807) is 0 Å². The van der Waals surface area contributed by atoms with E-state index in [-0.39, 0.29) is 9.76 Å². The normalized spacial score (nSPS) is 15.7. The fraction of sp³-hybridized carbons (Fsp3) is 1.00. The Morgan fingerprint density at radius 1 is 1.18 bits per heavy atom. The molecule has 0 spiro atoms. The molecule has 0 bridgehead atoms. The first kappa shape index (κ1) is 17.7. The van der Waals surface area contributed by atoms with Crippen LogP contribution in [0.4, 0.5) is 0 Å². The van der Waals surface area contributed by atoms with E-state index in [1.807, 2.05) is 0 Å². The van der Waals surface area contributed by atoms with Gasteiger partial charge >= 0.3 is 0 Å². The molecule has 2 N–H and O–H groups in total. The monoisotopic (exact) mass is 309 g/mol. The lowest BCUT2D eigenvalue weighted by Crippen LogP contribution is -2.43.